The fourth-order valence-electron chi connectivity index (χ4n) is 2.82. The molecule has 2 aromatic carbocycles. The molecule has 0 aromatic heterocycles. The highest BCUT2D eigenvalue weighted by molar-refractivity contribution is 7.52. The maximum Gasteiger partial charge on any atom is 0.459 e. The van der Waals surface area contributed by atoms with Crippen molar-refractivity contribution < 1.29 is 33.0 Å². The lowest BCUT2D eigenvalue weighted by Gasteiger charge is -2.24. The van der Waals surface area contributed by atoms with E-state index in [0.29, 0.717) is 18.8 Å². The van der Waals surface area contributed by atoms with Crippen LogP contribution in [0.4, 0.5) is 0 Å². The van der Waals surface area contributed by atoms with Crippen molar-refractivity contribution in [1.82, 2.24) is 5.09 Å². The summed E-state index contributed by atoms with van der Waals surface area (Å²) < 4.78 is 35.1. The van der Waals surface area contributed by atoms with Crippen molar-refractivity contribution in [3.8, 4) is 5.75 Å². The maximum atomic E-state index is 13.3. The number of hydrogen-bond acceptors (Lipinski definition) is 7. The van der Waals surface area contributed by atoms with Crippen LogP contribution in [0.15, 0.2) is 60.7 Å². The van der Waals surface area contributed by atoms with E-state index in [4.69, 9.17) is 18.5 Å². The molecule has 30 heavy (non-hydrogen) atoms. The lowest BCUT2D eigenvalue weighted by Crippen LogP contribution is -2.36. The highest BCUT2D eigenvalue weighted by Crippen LogP contribution is 2.45. The predicted octanol–water partition coefficient (Wildman–Crippen LogP) is 3.06. The smallest absolute Gasteiger partial charge is 0.459 e. The first-order valence-electron chi connectivity index (χ1n) is 9.72. The standard InChI is InChI=1S/C21H26NO7P/c1-16(21(24)27-14-17-8-4-2-5-9-17)22-30(25,29-18-10-6-3-7-11-18)28-15-20-19(23)12-13-26-20/h2-11,16,19-20,23H,12-15H2,1H3,(H,22,25)/t16-,19+,20+,30?/m0/s1. The molecule has 2 aromatic rings. The van der Waals surface area contributed by atoms with Crippen LogP contribution >= 0.6 is 7.75 Å². The van der Waals surface area contributed by atoms with Crippen molar-refractivity contribution in [2.45, 2.75) is 38.2 Å². The summed E-state index contributed by atoms with van der Waals surface area (Å²) in [6.07, 6.45) is -0.837. The van der Waals surface area contributed by atoms with Crippen LogP contribution in [0.3, 0.4) is 0 Å². The van der Waals surface area contributed by atoms with Crippen LogP contribution in [-0.4, -0.2) is 42.5 Å². The Kier molecular flexibility index (Phi) is 8.01. The molecule has 1 unspecified atom stereocenters. The van der Waals surface area contributed by atoms with E-state index < -0.39 is 32.0 Å². The molecule has 0 spiro atoms. The number of para-hydroxylation sites is 1. The monoisotopic (exact) mass is 435 g/mol. The predicted molar refractivity (Wildman–Crippen MR) is 110 cm³/mol. The normalized spacial score (nSPS) is 21.5. The molecule has 8 nitrogen and oxygen atoms in total. The third kappa shape index (κ3) is 6.65. The van der Waals surface area contributed by atoms with Gasteiger partial charge in [-0.15, -0.1) is 0 Å². The molecule has 0 amide bonds. The minimum Gasteiger partial charge on any atom is -0.460 e. The number of carbonyl (C=O) groups excluding carboxylic acids is 1. The summed E-state index contributed by atoms with van der Waals surface area (Å²) in [5.74, 6) is -0.289. The Balaban J connectivity index is 1.62. The summed E-state index contributed by atoms with van der Waals surface area (Å²) in [5, 5.41) is 12.5. The minimum atomic E-state index is -3.97. The van der Waals surface area contributed by atoms with E-state index >= 15 is 0 Å². The number of aliphatic hydroxyl groups is 1. The van der Waals surface area contributed by atoms with E-state index in [0.717, 1.165) is 5.56 Å². The van der Waals surface area contributed by atoms with Crippen molar-refractivity contribution >= 4 is 13.7 Å². The van der Waals surface area contributed by atoms with E-state index in [1.807, 2.05) is 30.3 Å². The van der Waals surface area contributed by atoms with Gasteiger partial charge in [-0.3, -0.25) is 9.32 Å². The summed E-state index contributed by atoms with van der Waals surface area (Å²) in [4.78, 5) is 12.4. The number of carbonyl (C=O) groups is 1. The summed E-state index contributed by atoms with van der Waals surface area (Å²) >= 11 is 0. The zero-order valence-corrected chi connectivity index (χ0v) is 17.6. The molecular weight excluding hydrogens is 409 g/mol. The maximum absolute atomic E-state index is 13.3. The molecule has 1 saturated heterocycles. The molecule has 9 heteroatoms. The minimum absolute atomic E-state index is 0.0957. The Hall–Kier alpha value is -2.22. The summed E-state index contributed by atoms with van der Waals surface area (Å²) in [7, 11) is -3.97. The van der Waals surface area contributed by atoms with Gasteiger partial charge in [-0.05, 0) is 31.0 Å². The van der Waals surface area contributed by atoms with Gasteiger partial charge in [0.2, 0.25) is 0 Å². The van der Waals surface area contributed by atoms with Crippen molar-refractivity contribution in [3.05, 3.63) is 66.2 Å². The largest absolute Gasteiger partial charge is 0.460 e. The van der Waals surface area contributed by atoms with Crippen molar-refractivity contribution in [2.75, 3.05) is 13.2 Å². The van der Waals surface area contributed by atoms with E-state index in [9.17, 15) is 14.5 Å². The lowest BCUT2D eigenvalue weighted by atomic mass is 10.2. The van der Waals surface area contributed by atoms with Gasteiger partial charge in [0.05, 0.1) is 12.7 Å². The van der Waals surface area contributed by atoms with Gasteiger partial charge in [0.25, 0.3) is 0 Å². The second-order valence-corrected chi connectivity index (χ2v) is 8.60. The summed E-state index contributed by atoms with van der Waals surface area (Å²) in [5.41, 5.74) is 0.838. The fraction of sp³-hybridized carbons (Fsp3) is 0.381. The molecule has 0 bridgehead atoms. The number of esters is 1. The highest BCUT2D eigenvalue weighted by atomic mass is 31.2. The Morgan fingerprint density at radius 1 is 1.20 bits per heavy atom. The number of aliphatic hydroxyl groups excluding tert-OH is 1. The molecule has 4 atom stereocenters. The molecule has 2 N–H and O–H groups in total. The first-order valence-corrected chi connectivity index (χ1v) is 11.3. The molecule has 0 radical (unpaired) electrons. The van der Waals surface area contributed by atoms with Crippen LogP contribution in [0.2, 0.25) is 0 Å². The van der Waals surface area contributed by atoms with Crippen LogP contribution in [0.25, 0.3) is 0 Å². The average molecular weight is 435 g/mol. The zero-order chi connectivity index (χ0) is 21.4. The van der Waals surface area contributed by atoms with Gasteiger partial charge in [0.15, 0.2) is 0 Å². The SMILES string of the molecule is C[C@H](NP(=O)(OC[C@H]1OCC[C@H]1O)Oc1ccccc1)C(=O)OCc1ccccc1. The van der Waals surface area contributed by atoms with Crippen LogP contribution in [0, 0.1) is 0 Å². The first-order chi connectivity index (χ1) is 14.5. The second-order valence-electron chi connectivity index (χ2n) is 6.91. The van der Waals surface area contributed by atoms with Crippen LogP contribution in [0.5, 0.6) is 5.75 Å². The van der Waals surface area contributed by atoms with Gasteiger partial charge >= 0.3 is 13.7 Å². The van der Waals surface area contributed by atoms with Crippen molar-refractivity contribution in [1.29, 1.82) is 0 Å². The van der Waals surface area contributed by atoms with E-state index in [2.05, 4.69) is 5.09 Å². The average Bonchev–Trinajstić information content (AvgIpc) is 3.16. The quantitative estimate of drug-likeness (QED) is 0.434. The van der Waals surface area contributed by atoms with E-state index in [1.54, 1.807) is 30.3 Å². The number of benzene rings is 2. The molecule has 1 aliphatic heterocycles. The van der Waals surface area contributed by atoms with E-state index in [1.165, 1.54) is 6.92 Å². The van der Waals surface area contributed by atoms with Crippen LogP contribution in [-0.2, 0) is 30.0 Å². The topological polar surface area (TPSA) is 103 Å². The number of nitrogens with one attached hydrogen (secondary N) is 1. The van der Waals surface area contributed by atoms with Gasteiger partial charge in [0.1, 0.15) is 24.5 Å². The first kappa shape index (κ1) is 22.5. The molecule has 1 heterocycles. The van der Waals surface area contributed by atoms with Gasteiger partial charge in [-0.25, -0.2) is 4.57 Å². The number of ether oxygens (including phenoxy) is 2. The highest BCUT2D eigenvalue weighted by Gasteiger charge is 2.35. The summed E-state index contributed by atoms with van der Waals surface area (Å²) in [6, 6.07) is 16.8. The Morgan fingerprint density at radius 3 is 2.50 bits per heavy atom. The van der Waals surface area contributed by atoms with Crippen molar-refractivity contribution in [2.24, 2.45) is 0 Å². The lowest BCUT2D eigenvalue weighted by molar-refractivity contribution is -0.146. The molecule has 1 fully saturated rings. The zero-order valence-electron chi connectivity index (χ0n) is 16.7. The Bertz CT molecular complexity index is 849. The van der Waals surface area contributed by atoms with Crippen LogP contribution < -0.4 is 9.61 Å². The Morgan fingerprint density at radius 2 is 1.87 bits per heavy atom. The number of rotatable bonds is 10. The van der Waals surface area contributed by atoms with Gasteiger partial charge in [0, 0.05) is 6.61 Å². The summed E-state index contributed by atoms with van der Waals surface area (Å²) in [6.45, 7) is 1.86. The van der Waals surface area contributed by atoms with Gasteiger partial charge in [-0.2, -0.15) is 5.09 Å². The molecule has 162 valence electrons. The molecule has 0 saturated carbocycles. The Labute approximate surface area is 175 Å². The van der Waals surface area contributed by atoms with Crippen molar-refractivity contribution in [3.63, 3.8) is 0 Å². The molecular formula is C21H26NO7P. The third-order valence-corrected chi connectivity index (χ3v) is 6.13. The number of hydrogen-bond donors (Lipinski definition) is 2. The van der Waals surface area contributed by atoms with Crippen LogP contribution in [0.1, 0.15) is 18.9 Å². The fourth-order valence-corrected chi connectivity index (χ4v) is 4.32. The molecule has 1 aliphatic rings. The second kappa shape index (κ2) is 10.7. The molecule has 0 aliphatic carbocycles. The van der Waals surface area contributed by atoms with E-state index in [-0.39, 0.29) is 13.2 Å². The van der Waals surface area contributed by atoms with Gasteiger partial charge < -0.3 is 19.1 Å². The van der Waals surface area contributed by atoms with Gasteiger partial charge in [-0.1, -0.05) is 48.5 Å². The third-order valence-electron chi connectivity index (χ3n) is 4.48. The molecule has 3 rings (SSSR count).